The van der Waals surface area contributed by atoms with E-state index in [1.807, 2.05) is 0 Å². The van der Waals surface area contributed by atoms with Gasteiger partial charge in [-0.05, 0) is 37.0 Å². The number of ether oxygens (including phenoxy) is 1. The first-order valence-electron chi connectivity index (χ1n) is 6.57. The molecule has 2 aliphatic heterocycles. The maximum atomic E-state index is 13.6. The van der Waals surface area contributed by atoms with Crippen molar-refractivity contribution in [3.63, 3.8) is 0 Å². The number of nitrogens with one attached hydrogen (secondary N) is 1. The summed E-state index contributed by atoms with van der Waals surface area (Å²) in [5.41, 5.74) is 1.72. The molecule has 2 N–H and O–H groups in total. The molecule has 1 aromatic rings. The van der Waals surface area contributed by atoms with Crippen LogP contribution in [0.3, 0.4) is 0 Å². The molecule has 1 fully saturated rings. The lowest BCUT2D eigenvalue weighted by Gasteiger charge is -2.25. The van der Waals surface area contributed by atoms with Gasteiger partial charge in [0.25, 0.3) is 0 Å². The largest absolute Gasteiger partial charge is 0.386 e. The van der Waals surface area contributed by atoms with Gasteiger partial charge in [0.2, 0.25) is 5.91 Å². The predicted molar refractivity (Wildman–Crippen MR) is 67.3 cm³/mol. The third kappa shape index (κ3) is 2.35. The Hall–Kier alpha value is -1.46. The minimum absolute atomic E-state index is 0.0973. The SMILES string of the molecule is O=C1CCc2cc(F)cc(C(O)C3CCCO3)c2N1. The Morgan fingerprint density at radius 3 is 3.00 bits per heavy atom. The number of benzene rings is 1. The second-order valence-corrected chi connectivity index (χ2v) is 5.07. The van der Waals surface area contributed by atoms with Crippen molar-refractivity contribution in [3.05, 3.63) is 29.1 Å². The summed E-state index contributed by atoms with van der Waals surface area (Å²) in [7, 11) is 0. The van der Waals surface area contributed by atoms with Crippen LogP contribution in [0.25, 0.3) is 0 Å². The van der Waals surface area contributed by atoms with Crippen molar-refractivity contribution in [2.24, 2.45) is 0 Å². The van der Waals surface area contributed by atoms with Gasteiger partial charge in [-0.1, -0.05) is 0 Å². The van der Waals surface area contributed by atoms with E-state index >= 15 is 0 Å². The second kappa shape index (κ2) is 4.90. The Balaban J connectivity index is 1.99. The number of anilines is 1. The molecule has 5 heteroatoms. The van der Waals surface area contributed by atoms with Crippen molar-refractivity contribution < 1.29 is 19.0 Å². The highest BCUT2D eigenvalue weighted by atomic mass is 19.1. The molecule has 0 bridgehead atoms. The molecule has 0 aromatic heterocycles. The molecule has 0 radical (unpaired) electrons. The topological polar surface area (TPSA) is 58.6 Å². The Morgan fingerprint density at radius 1 is 1.42 bits per heavy atom. The van der Waals surface area contributed by atoms with E-state index in [0.717, 1.165) is 18.4 Å². The number of carbonyl (C=O) groups is 1. The lowest BCUT2D eigenvalue weighted by atomic mass is 9.93. The number of aliphatic hydroxyl groups is 1. The van der Waals surface area contributed by atoms with Crippen LogP contribution in [0.5, 0.6) is 0 Å². The van der Waals surface area contributed by atoms with E-state index in [4.69, 9.17) is 4.74 Å². The van der Waals surface area contributed by atoms with Crippen LogP contribution in [0.1, 0.15) is 36.5 Å². The standard InChI is InChI=1S/C14H16FNO3/c15-9-6-8-3-4-12(17)16-13(8)10(7-9)14(18)11-2-1-5-19-11/h6-7,11,14,18H,1-5H2,(H,16,17). The smallest absolute Gasteiger partial charge is 0.224 e. The Morgan fingerprint density at radius 2 is 2.26 bits per heavy atom. The van der Waals surface area contributed by atoms with Gasteiger partial charge in [-0.2, -0.15) is 0 Å². The average Bonchev–Trinajstić information content (AvgIpc) is 2.91. The van der Waals surface area contributed by atoms with Crippen LogP contribution >= 0.6 is 0 Å². The van der Waals surface area contributed by atoms with Gasteiger partial charge < -0.3 is 15.2 Å². The number of hydrogen-bond donors (Lipinski definition) is 2. The van der Waals surface area contributed by atoms with Gasteiger partial charge in [0.1, 0.15) is 11.9 Å². The van der Waals surface area contributed by atoms with Crippen LogP contribution < -0.4 is 5.32 Å². The highest BCUT2D eigenvalue weighted by Gasteiger charge is 2.30. The molecule has 1 amide bonds. The van der Waals surface area contributed by atoms with Gasteiger partial charge in [0.15, 0.2) is 0 Å². The summed E-state index contributed by atoms with van der Waals surface area (Å²) >= 11 is 0. The van der Waals surface area contributed by atoms with E-state index in [1.54, 1.807) is 0 Å². The molecule has 19 heavy (non-hydrogen) atoms. The summed E-state index contributed by atoms with van der Waals surface area (Å²) in [6.07, 6.45) is 1.29. The molecule has 2 unspecified atom stereocenters. The van der Waals surface area contributed by atoms with E-state index in [2.05, 4.69) is 5.32 Å². The third-order valence-electron chi connectivity index (χ3n) is 3.74. The Bertz CT molecular complexity index is 512. The molecule has 3 rings (SSSR count). The van der Waals surface area contributed by atoms with E-state index in [1.165, 1.54) is 12.1 Å². The minimum Gasteiger partial charge on any atom is -0.386 e. The van der Waals surface area contributed by atoms with Crippen LogP contribution in [0.4, 0.5) is 10.1 Å². The van der Waals surface area contributed by atoms with Crippen LogP contribution in [-0.2, 0) is 16.0 Å². The first-order chi connectivity index (χ1) is 9.15. The summed E-state index contributed by atoms with van der Waals surface area (Å²) in [5, 5.41) is 13.1. The maximum absolute atomic E-state index is 13.6. The number of aryl methyl sites for hydroxylation is 1. The number of fused-ring (bicyclic) bond motifs is 1. The molecule has 2 aliphatic rings. The molecule has 2 heterocycles. The predicted octanol–water partition coefficient (Wildman–Crippen LogP) is 1.92. The normalized spacial score (nSPS) is 23.9. The quantitative estimate of drug-likeness (QED) is 0.859. The third-order valence-corrected chi connectivity index (χ3v) is 3.74. The van der Waals surface area contributed by atoms with Crippen molar-refractivity contribution in [1.82, 2.24) is 0 Å². The van der Waals surface area contributed by atoms with Crippen molar-refractivity contribution >= 4 is 11.6 Å². The fraction of sp³-hybridized carbons (Fsp3) is 0.500. The van der Waals surface area contributed by atoms with Gasteiger partial charge in [-0.15, -0.1) is 0 Å². The molecular weight excluding hydrogens is 249 g/mol. The van der Waals surface area contributed by atoms with Crippen molar-refractivity contribution in [2.75, 3.05) is 11.9 Å². The molecule has 1 aromatic carbocycles. The summed E-state index contributed by atoms with van der Waals surface area (Å²) in [6.45, 7) is 0.617. The number of halogens is 1. The number of carbonyl (C=O) groups excluding carboxylic acids is 1. The van der Waals surface area contributed by atoms with Crippen molar-refractivity contribution in [2.45, 2.75) is 37.9 Å². The Labute approximate surface area is 110 Å². The monoisotopic (exact) mass is 265 g/mol. The van der Waals surface area contributed by atoms with Gasteiger partial charge in [-0.3, -0.25) is 4.79 Å². The number of amides is 1. The van der Waals surface area contributed by atoms with E-state index in [0.29, 0.717) is 30.7 Å². The van der Waals surface area contributed by atoms with Crippen molar-refractivity contribution in [3.8, 4) is 0 Å². The van der Waals surface area contributed by atoms with Crippen LogP contribution in [0.2, 0.25) is 0 Å². The molecule has 2 atom stereocenters. The zero-order valence-electron chi connectivity index (χ0n) is 10.5. The first kappa shape index (κ1) is 12.6. The summed E-state index contributed by atoms with van der Waals surface area (Å²) < 4.78 is 19.1. The van der Waals surface area contributed by atoms with Crippen LogP contribution in [0.15, 0.2) is 12.1 Å². The van der Waals surface area contributed by atoms with Crippen molar-refractivity contribution in [1.29, 1.82) is 0 Å². The number of hydrogen-bond acceptors (Lipinski definition) is 3. The molecule has 4 nitrogen and oxygen atoms in total. The van der Waals surface area contributed by atoms with E-state index < -0.39 is 6.10 Å². The first-order valence-corrected chi connectivity index (χ1v) is 6.57. The zero-order valence-corrected chi connectivity index (χ0v) is 10.5. The molecule has 102 valence electrons. The van der Waals surface area contributed by atoms with Crippen LogP contribution in [-0.4, -0.2) is 23.7 Å². The fourth-order valence-corrected chi connectivity index (χ4v) is 2.77. The highest BCUT2D eigenvalue weighted by molar-refractivity contribution is 5.94. The van der Waals surface area contributed by atoms with Gasteiger partial charge in [0, 0.05) is 18.6 Å². The van der Waals surface area contributed by atoms with E-state index in [9.17, 15) is 14.3 Å². The summed E-state index contributed by atoms with van der Waals surface area (Å²) in [5.74, 6) is -0.484. The molecule has 0 aliphatic carbocycles. The van der Waals surface area contributed by atoms with Gasteiger partial charge in [-0.25, -0.2) is 4.39 Å². The van der Waals surface area contributed by atoms with Gasteiger partial charge in [0.05, 0.1) is 11.8 Å². The molecule has 0 saturated carbocycles. The molecule has 1 saturated heterocycles. The summed E-state index contributed by atoms with van der Waals surface area (Å²) in [6, 6.07) is 2.71. The maximum Gasteiger partial charge on any atom is 0.224 e. The second-order valence-electron chi connectivity index (χ2n) is 5.07. The molecule has 0 spiro atoms. The highest BCUT2D eigenvalue weighted by Crippen LogP contribution is 2.36. The van der Waals surface area contributed by atoms with Gasteiger partial charge >= 0.3 is 0 Å². The fourth-order valence-electron chi connectivity index (χ4n) is 2.77. The lowest BCUT2D eigenvalue weighted by Crippen LogP contribution is -2.24. The minimum atomic E-state index is -0.898. The average molecular weight is 265 g/mol. The number of rotatable bonds is 2. The number of aliphatic hydroxyl groups excluding tert-OH is 1. The van der Waals surface area contributed by atoms with Crippen LogP contribution in [0, 0.1) is 5.82 Å². The summed E-state index contributed by atoms with van der Waals surface area (Å²) in [4.78, 5) is 11.5. The lowest BCUT2D eigenvalue weighted by molar-refractivity contribution is -0.116. The Kier molecular flexibility index (Phi) is 3.24. The van der Waals surface area contributed by atoms with E-state index in [-0.39, 0.29) is 17.8 Å². The zero-order chi connectivity index (χ0) is 13.4. The molecular formula is C14H16FNO3.